The Hall–Kier alpha value is -1.36. The summed E-state index contributed by atoms with van der Waals surface area (Å²) in [5.41, 5.74) is 7.97. The molecule has 2 N–H and O–H groups in total. The third kappa shape index (κ3) is 2.66. The molecule has 2 aromatic rings. The molecule has 1 aliphatic rings. The summed E-state index contributed by atoms with van der Waals surface area (Å²) in [6.07, 6.45) is 1.08. The Balaban J connectivity index is 1.87. The van der Waals surface area contributed by atoms with Gasteiger partial charge < -0.3 is 14.9 Å². The zero-order valence-electron chi connectivity index (χ0n) is 11.1. The van der Waals surface area contributed by atoms with Crippen LogP contribution >= 0.6 is 0 Å². The molecule has 0 radical (unpaired) electrons. The van der Waals surface area contributed by atoms with E-state index < -0.39 is 0 Å². The number of para-hydroxylation sites is 1. The maximum absolute atomic E-state index is 5.97. The molecule has 0 spiro atoms. The third-order valence-electron chi connectivity index (χ3n) is 3.67. The summed E-state index contributed by atoms with van der Waals surface area (Å²) >= 11 is 0. The van der Waals surface area contributed by atoms with Gasteiger partial charge >= 0.3 is 0 Å². The molecule has 0 aliphatic carbocycles. The van der Waals surface area contributed by atoms with E-state index >= 15 is 0 Å². The summed E-state index contributed by atoms with van der Waals surface area (Å²) in [6.45, 7) is 5.03. The fourth-order valence-corrected chi connectivity index (χ4v) is 2.66. The van der Waals surface area contributed by atoms with E-state index in [2.05, 4.69) is 11.0 Å². The lowest BCUT2D eigenvalue weighted by atomic mass is 10.1. The van der Waals surface area contributed by atoms with Crippen molar-refractivity contribution in [3.8, 4) is 0 Å². The van der Waals surface area contributed by atoms with Crippen LogP contribution in [0.25, 0.3) is 11.0 Å². The standard InChI is InChI=1S/C15H20N2O2/c16-10-13-12-4-1-2-5-14(12)19-15(13)11-17-6-3-8-18-9-7-17/h1-2,4-5H,3,6-11,16H2. The van der Waals surface area contributed by atoms with Crippen LogP contribution in [0.5, 0.6) is 0 Å². The van der Waals surface area contributed by atoms with Crippen molar-refractivity contribution in [2.75, 3.05) is 26.3 Å². The Morgan fingerprint density at radius 2 is 2.05 bits per heavy atom. The van der Waals surface area contributed by atoms with Gasteiger partial charge in [-0.2, -0.15) is 0 Å². The molecule has 0 bridgehead atoms. The Morgan fingerprint density at radius 1 is 1.16 bits per heavy atom. The van der Waals surface area contributed by atoms with Gasteiger partial charge in [-0.05, 0) is 12.5 Å². The zero-order valence-corrected chi connectivity index (χ0v) is 11.1. The number of fused-ring (bicyclic) bond motifs is 1. The molecule has 4 nitrogen and oxygen atoms in total. The topological polar surface area (TPSA) is 51.6 Å². The minimum Gasteiger partial charge on any atom is -0.459 e. The molecule has 0 saturated carbocycles. The predicted molar refractivity (Wildman–Crippen MR) is 74.8 cm³/mol. The highest BCUT2D eigenvalue weighted by atomic mass is 16.5. The second kappa shape index (κ2) is 5.74. The minimum atomic E-state index is 0.524. The molecule has 102 valence electrons. The van der Waals surface area contributed by atoms with Gasteiger partial charge in [-0.15, -0.1) is 0 Å². The van der Waals surface area contributed by atoms with Crippen LogP contribution in [0.3, 0.4) is 0 Å². The van der Waals surface area contributed by atoms with Gasteiger partial charge in [-0.3, -0.25) is 4.90 Å². The van der Waals surface area contributed by atoms with E-state index in [0.29, 0.717) is 6.54 Å². The van der Waals surface area contributed by atoms with Gasteiger partial charge in [0.25, 0.3) is 0 Å². The van der Waals surface area contributed by atoms with Crippen LogP contribution in [0.2, 0.25) is 0 Å². The molecule has 1 aromatic carbocycles. The van der Waals surface area contributed by atoms with Gasteiger partial charge in [0, 0.05) is 37.2 Å². The smallest absolute Gasteiger partial charge is 0.134 e. The second-order valence-corrected chi connectivity index (χ2v) is 4.95. The summed E-state index contributed by atoms with van der Waals surface area (Å²) in [7, 11) is 0. The van der Waals surface area contributed by atoms with Crippen LogP contribution in [-0.4, -0.2) is 31.2 Å². The molecule has 1 aliphatic heterocycles. The number of ether oxygens (including phenoxy) is 1. The number of hydrogen-bond donors (Lipinski definition) is 1. The van der Waals surface area contributed by atoms with Crippen LogP contribution in [0.4, 0.5) is 0 Å². The van der Waals surface area contributed by atoms with Gasteiger partial charge in [0.15, 0.2) is 0 Å². The number of rotatable bonds is 3. The normalized spacial score (nSPS) is 17.7. The Bertz CT molecular complexity index is 542. The van der Waals surface area contributed by atoms with Crippen molar-refractivity contribution in [3.63, 3.8) is 0 Å². The van der Waals surface area contributed by atoms with Crippen molar-refractivity contribution in [2.45, 2.75) is 19.5 Å². The SMILES string of the molecule is NCc1c(CN2CCCOCC2)oc2ccccc12. The molecule has 1 aromatic heterocycles. The largest absolute Gasteiger partial charge is 0.459 e. The molecule has 0 atom stereocenters. The van der Waals surface area contributed by atoms with E-state index in [4.69, 9.17) is 14.9 Å². The zero-order chi connectivity index (χ0) is 13.1. The third-order valence-corrected chi connectivity index (χ3v) is 3.67. The molecule has 0 amide bonds. The van der Waals surface area contributed by atoms with Crippen molar-refractivity contribution in [1.82, 2.24) is 4.90 Å². The predicted octanol–water partition coefficient (Wildman–Crippen LogP) is 2.11. The molecular weight excluding hydrogens is 240 g/mol. The fourth-order valence-electron chi connectivity index (χ4n) is 2.66. The summed E-state index contributed by atoms with van der Waals surface area (Å²) in [5.74, 6) is 1.01. The van der Waals surface area contributed by atoms with Crippen molar-refractivity contribution < 1.29 is 9.15 Å². The van der Waals surface area contributed by atoms with Gasteiger partial charge in [0.1, 0.15) is 11.3 Å². The molecule has 2 heterocycles. The number of nitrogens with two attached hydrogens (primary N) is 1. The molecular formula is C15H20N2O2. The Labute approximate surface area is 113 Å². The van der Waals surface area contributed by atoms with E-state index in [1.807, 2.05) is 18.2 Å². The van der Waals surface area contributed by atoms with E-state index in [1.54, 1.807) is 0 Å². The molecule has 0 unspecified atom stereocenters. The van der Waals surface area contributed by atoms with Gasteiger partial charge in [-0.25, -0.2) is 0 Å². The lowest BCUT2D eigenvalue weighted by Gasteiger charge is -2.18. The first-order valence-corrected chi connectivity index (χ1v) is 6.88. The lowest BCUT2D eigenvalue weighted by Crippen LogP contribution is -2.26. The highest BCUT2D eigenvalue weighted by Crippen LogP contribution is 2.26. The average Bonchev–Trinajstić information content (AvgIpc) is 2.60. The average molecular weight is 260 g/mol. The number of hydrogen-bond acceptors (Lipinski definition) is 4. The highest BCUT2D eigenvalue weighted by molar-refractivity contribution is 5.82. The van der Waals surface area contributed by atoms with Gasteiger partial charge in [0.05, 0.1) is 13.2 Å². The van der Waals surface area contributed by atoms with Gasteiger partial charge in [-0.1, -0.05) is 18.2 Å². The van der Waals surface area contributed by atoms with E-state index in [9.17, 15) is 0 Å². The molecule has 19 heavy (non-hydrogen) atoms. The Kier molecular flexibility index (Phi) is 3.82. The molecule has 3 rings (SSSR count). The minimum absolute atomic E-state index is 0.524. The molecule has 4 heteroatoms. The second-order valence-electron chi connectivity index (χ2n) is 4.95. The van der Waals surface area contributed by atoms with Gasteiger partial charge in [0.2, 0.25) is 0 Å². The maximum atomic E-state index is 5.97. The van der Waals surface area contributed by atoms with E-state index in [-0.39, 0.29) is 0 Å². The van der Waals surface area contributed by atoms with Crippen molar-refractivity contribution in [3.05, 3.63) is 35.6 Å². The highest BCUT2D eigenvalue weighted by Gasteiger charge is 2.16. The number of nitrogens with zero attached hydrogens (tertiary/aromatic N) is 1. The van der Waals surface area contributed by atoms with Crippen molar-refractivity contribution in [2.24, 2.45) is 5.73 Å². The Morgan fingerprint density at radius 3 is 2.95 bits per heavy atom. The van der Waals surface area contributed by atoms with Crippen molar-refractivity contribution >= 4 is 11.0 Å². The summed E-state index contributed by atoms with van der Waals surface area (Å²) in [5, 5.41) is 1.14. The lowest BCUT2D eigenvalue weighted by molar-refractivity contribution is 0.139. The summed E-state index contributed by atoms with van der Waals surface area (Å²) in [4.78, 5) is 2.38. The van der Waals surface area contributed by atoms with Crippen LogP contribution in [0.1, 0.15) is 17.7 Å². The van der Waals surface area contributed by atoms with E-state index in [1.165, 1.54) is 0 Å². The van der Waals surface area contributed by atoms with Crippen LogP contribution in [0.15, 0.2) is 28.7 Å². The van der Waals surface area contributed by atoms with Crippen LogP contribution in [0, 0.1) is 0 Å². The molecule has 1 saturated heterocycles. The first kappa shape index (κ1) is 12.7. The maximum Gasteiger partial charge on any atom is 0.134 e. The summed E-state index contributed by atoms with van der Waals surface area (Å²) in [6, 6.07) is 8.11. The first-order chi connectivity index (χ1) is 9.38. The summed E-state index contributed by atoms with van der Waals surface area (Å²) < 4.78 is 11.5. The van der Waals surface area contributed by atoms with Crippen molar-refractivity contribution in [1.29, 1.82) is 0 Å². The number of furan rings is 1. The van der Waals surface area contributed by atoms with E-state index in [0.717, 1.165) is 61.6 Å². The number of benzene rings is 1. The first-order valence-electron chi connectivity index (χ1n) is 6.88. The molecule has 1 fully saturated rings. The van der Waals surface area contributed by atoms with Crippen LogP contribution < -0.4 is 5.73 Å². The monoisotopic (exact) mass is 260 g/mol. The fraction of sp³-hybridized carbons (Fsp3) is 0.467. The quantitative estimate of drug-likeness (QED) is 0.918. The van der Waals surface area contributed by atoms with Crippen LogP contribution in [-0.2, 0) is 17.8 Å².